The van der Waals surface area contributed by atoms with Crippen molar-refractivity contribution in [1.29, 1.82) is 0 Å². The number of aromatic nitrogens is 2. The summed E-state index contributed by atoms with van der Waals surface area (Å²) >= 11 is 0. The molecule has 0 N–H and O–H groups in total. The minimum absolute atomic E-state index is 0.966. The maximum atomic E-state index is 4.28. The molecule has 0 radical (unpaired) electrons. The highest BCUT2D eigenvalue weighted by atomic mass is 15.3. The highest BCUT2D eigenvalue weighted by molar-refractivity contribution is 5.42. The molecule has 1 aliphatic rings. The van der Waals surface area contributed by atoms with Crippen molar-refractivity contribution in [3.63, 3.8) is 0 Å². The Kier molecular flexibility index (Phi) is 2.52. The van der Waals surface area contributed by atoms with Crippen LogP contribution in [0.25, 0.3) is 0 Å². The van der Waals surface area contributed by atoms with E-state index < -0.39 is 0 Å². The second kappa shape index (κ2) is 3.81. The zero-order chi connectivity index (χ0) is 9.10. The normalized spacial score (nSPS) is 17.8. The summed E-state index contributed by atoms with van der Waals surface area (Å²) in [5.74, 6) is 0. The number of piperidine rings is 1. The molecule has 0 spiro atoms. The van der Waals surface area contributed by atoms with Crippen molar-refractivity contribution in [2.45, 2.75) is 32.7 Å². The molecule has 0 saturated carbocycles. The molecule has 0 aliphatic carbocycles. The standard InChI is InChI=1S/C10H17N3/c1-2-13-9-10(8-11-13)12-6-4-3-5-7-12/h8-9H,2-7H2,1H3. The first kappa shape index (κ1) is 8.60. The molecule has 3 nitrogen and oxygen atoms in total. The van der Waals surface area contributed by atoms with Gasteiger partial charge in [0.15, 0.2) is 0 Å². The minimum atomic E-state index is 0.966. The van der Waals surface area contributed by atoms with Gasteiger partial charge in [-0.2, -0.15) is 5.10 Å². The first-order chi connectivity index (χ1) is 6.40. The van der Waals surface area contributed by atoms with E-state index in [0.717, 1.165) is 6.54 Å². The summed E-state index contributed by atoms with van der Waals surface area (Å²) in [6.45, 7) is 5.49. The van der Waals surface area contributed by atoms with Crippen molar-refractivity contribution in [2.75, 3.05) is 18.0 Å². The van der Waals surface area contributed by atoms with E-state index >= 15 is 0 Å². The van der Waals surface area contributed by atoms with Crippen molar-refractivity contribution in [1.82, 2.24) is 9.78 Å². The highest BCUT2D eigenvalue weighted by Gasteiger charge is 2.11. The van der Waals surface area contributed by atoms with Crippen LogP contribution in [0.15, 0.2) is 12.4 Å². The van der Waals surface area contributed by atoms with E-state index in [0.29, 0.717) is 0 Å². The third-order valence-corrected chi connectivity index (χ3v) is 2.66. The van der Waals surface area contributed by atoms with Gasteiger partial charge in [0.25, 0.3) is 0 Å². The molecule has 0 aromatic carbocycles. The average molecular weight is 179 g/mol. The lowest BCUT2D eigenvalue weighted by Crippen LogP contribution is -2.28. The Balaban J connectivity index is 2.05. The van der Waals surface area contributed by atoms with Crippen LogP contribution in [-0.2, 0) is 6.54 Å². The molecule has 0 atom stereocenters. The van der Waals surface area contributed by atoms with Gasteiger partial charge in [-0.05, 0) is 26.2 Å². The Labute approximate surface area is 79.3 Å². The lowest BCUT2D eigenvalue weighted by atomic mass is 10.1. The lowest BCUT2D eigenvalue weighted by molar-refractivity contribution is 0.577. The predicted octanol–water partition coefficient (Wildman–Crippen LogP) is 1.89. The minimum Gasteiger partial charge on any atom is -0.369 e. The van der Waals surface area contributed by atoms with Crippen LogP contribution in [0.4, 0.5) is 5.69 Å². The van der Waals surface area contributed by atoms with Gasteiger partial charge in [-0.15, -0.1) is 0 Å². The maximum absolute atomic E-state index is 4.28. The zero-order valence-electron chi connectivity index (χ0n) is 8.24. The molecule has 1 aromatic heterocycles. The number of anilines is 1. The second-order valence-corrected chi connectivity index (χ2v) is 3.60. The van der Waals surface area contributed by atoms with E-state index in [1.54, 1.807) is 0 Å². The van der Waals surface area contributed by atoms with Crippen LogP contribution in [0.5, 0.6) is 0 Å². The Morgan fingerprint density at radius 3 is 2.69 bits per heavy atom. The number of hydrogen-bond donors (Lipinski definition) is 0. The van der Waals surface area contributed by atoms with Crippen molar-refractivity contribution < 1.29 is 0 Å². The van der Waals surface area contributed by atoms with Crippen molar-refractivity contribution >= 4 is 5.69 Å². The third kappa shape index (κ3) is 1.85. The molecule has 1 aliphatic heterocycles. The topological polar surface area (TPSA) is 21.1 Å². The summed E-state index contributed by atoms with van der Waals surface area (Å²) in [7, 11) is 0. The molecule has 3 heteroatoms. The van der Waals surface area contributed by atoms with Gasteiger partial charge >= 0.3 is 0 Å². The Morgan fingerprint density at radius 2 is 2.08 bits per heavy atom. The van der Waals surface area contributed by atoms with E-state index in [1.807, 2.05) is 10.9 Å². The van der Waals surface area contributed by atoms with E-state index in [4.69, 9.17) is 0 Å². The molecular formula is C10H17N3. The van der Waals surface area contributed by atoms with Gasteiger partial charge in [-0.3, -0.25) is 4.68 Å². The lowest BCUT2D eigenvalue weighted by Gasteiger charge is -2.27. The second-order valence-electron chi connectivity index (χ2n) is 3.60. The molecule has 13 heavy (non-hydrogen) atoms. The summed E-state index contributed by atoms with van der Waals surface area (Å²) in [6.07, 6.45) is 8.17. The Bertz CT molecular complexity index is 261. The summed E-state index contributed by atoms with van der Waals surface area (Å²) < 4.78 is 1.99. The average Bonchev–Trinajstić information content (AvgIpc) is 2.67. The van der Waals surface area contributed by atoms with E-state index in [-0.39, 0.29) is 0 Å². The number of hydrogen-bond acceptors (Lipinski definition) is 2. The first-order valence-electron chi connectivity index (χ1n) is 5.17. The summed E-state index contributed by atoms with van der Waals surface area (Å²) in [6, 6.07) is 0. The molecule has 2 heterocycles. The highest BCUT2D eigenvalue weighted by Crippen LogP contribution is 2.18. The largest absolute Gasteiger partial charge is 0.369 e. The number of nitrogens with zero attached hydrogens (tertiary/aromatic N) is 3. The van der Waals surface area contributed by atoms with Crippen LogP contribution in [0.1, 0.15) is 26.2 Å². The van der Waals surface area contributed by atoms with Gasteiger partial charge in [-0.1, -0.05) is 0 Å². The fraction of sp³-hybridized carbons (Fsp3) is 0.700. The van der Waals surface area contributed by atoms with Crippen LogP contribution >= 0.6 is 0 Å². The molecule has 0 amide bonds. The molecule has 0 bridgehead atoms. The molecule has 1 saturated heterocycles. The van der Waals surface area contributed by atoms with Crippen LogP contribution in [0, 0.1) is 0 Å². The molecule has 0 unspecified atom stereocenters. The summed E-state index contributed by atoms with van der Waals surface area (Å²) in [4.78, 5) is 2.43. The van der Waals surface area contributed by atoms with Crippen LogP contribution < -0.4 is 4.90 Å². The maximum Gasteiger partial charge on any atom is 0.0752 e. The Hall–Kier alpha value is -0.990. The molecule has 2 rings (SSSR count). The predicted molar refractivity (Wildman–Crippen MR) is 54.0 cm³/mol. The third-order valence-electron chi connectivity index (χ3n) is 2.66. The van der Waals surface area contributed by atoms with Gasteiger partial charge in [0.1, 0.15) is 0 Å². The van der Waals surface area contributed by atoms with Gasteiger partial charge in [0.2, 0.25) is 0 Å². The zero-order valence-corrected chi connectivity index (χ0v) is 8.24. The van der Waals surface area contributed by atoms with Gasteiger partial charge in [0, 0.05) is 25.8 Å². The van der Waals surface area contributed by atoms with Gasteiger partial charge in [-0.25, -0.2) is 0 Å². The smallest absolute Gasteiger partial charge is 0.0752 e. The number of rotatable bonds is 2. The van der Waals surface area contributed by atoms with E-state index in [9.17, 15) is 0 Å². The fourth-order valence-electron chi connectivity index (χ4n) is 1.84. The van der Waals surface area contributed by atoms with Crippen molar-refractivity contribution in [3.05, 3.63) is 12.4 Å². The van der Waals surface area contributed by atoms with E-state index in [1.165, 1.54) is 38.0 Å². The van der Waals surface area contributed by atoms with Crippen LogP contribution in [0.3, 0.4) is 0 Å². The van der Waals surface area contributed by atoms with E-state index in [2.05, 4.69) is 23.1 Å². The fourth-order valence-corrected chi connectivity index (χ4v) is 1.84. The monoisotopic (exact) mass is 179 g/mol. The first-order valence-corrected chi connectivity index (χ1v) is 5.17. The van der Waals surface area contributed by atoms with Gasteiger partial charge < -0.3 is 4.90 Å². The van der Waals surface area contributed by atoms with Crippen molar-refractivity contribution in [2.24, 2.45) is 0 Å². The Morgan fingerprint density at radius 1 is 1.31 bits per heavy atom. The molecular weight excluding hydrogens is 162 g/mol. The quantitative estimate of drug-likeness (QED) is 0.691. The molecule has 1 aromatic rings. The van der Waals surface area contributed by atoms with Crippen LogP contribution in [-0.4, -0.2) is 22.9 Å². The van der Waals surface area contributed by atoms with Gasteiger partial charge in [0.05, 0.1) is 11.9 Å². The molecule has 72 valence electrons. The SMILES string of the molecule is CCn1cc(N2CCCCC2)cn1. The summed E-state index contributed by atoms with van der Waals surface area (Å²) in [5, 5.41) is 4.28. The van der Waals surface area contributed by atoms with Crippen molar-refractivity contribution in [3.8, 4) is 0 Å². The number of aryl methyl sites for hydroxylation is 1. The molecule has 1 fully saturated rings. The summed E-state index contributed by atoms with van der Waals surface area (Å²) in [5.41, 5.74) is 1.29. The van der Waals surface area contributed by atoms with Crippen LogP contribution in [0.2, 0.25) is 0 Å².